The molecule has 0 spiro atoms. The molecule has 2 rings (SSSR count). The summed E-state index contributed by atoms with van der Waals surface area (Å²) in [6.45, 7) is 11.3. The number of nitrogens with zero attached hydrogens (tertiary/aromatic N) is 4. The molecular formula is C16H28N4. The minimum absolute atomic E-state index is 0.443. The van der Waals surface area contributed by atoms with E-state index in [4.69, 9.17) is 0 Å². The van der Waals surface area contributed by atoms with Gasteiger partial charge in [-0.1, -0.05) is 20.8 Å². The summed E-state index contributed by atoms with van der Waals surface area (Å²) in [6.07, 6.45) is 2.66. The molecule has 1 aromatic rings. The van der Waals surface area contributed by atoms with Gasteiger partial charge in [0.2, 0.25) is 0 Å². The van der Waals surface area contributed by atoms with Crippen molar-refractivity contribution in [1.82, 2.24) is 15.1 Å². The van der Waals surface area contributed by atoms with E-state index in [0.717, 1.165) is 24.0 Å². The zero-order chi connectivity index (χ0) is 14.5. The molecule has 0 aliphatic carbocycles. The van der Waals surface area contributed by atoms with Gasteiger partial charge in [-0.15, -0.1) is 5.10 Å². The SMILES string of the molecule is CCN1CCCC(CN(C)c2ccc(C(C)C)nn2)C1. The molecule has 4 heteroatoms. The van der Waals surface area contributed by atoms with Crippen molar-refractivity contribution in [3.05, 3.63) is 17.8 Å². The predicted octanol–water partition coefficient (Wildman–Crippen LogP) is 2.77. The maximum absolute atomic E-state index is 4.37. The third-order valence-corrected chi connectivity index (χ3v) is 4.24. The van der Waals surface area contributed by atoms with E-state index in [9.17, 15) is 0 Å². The highest BCUT2D eigenvalue weighted by molar-refractivity contribution is 5.36. The summed E-state index contributed by atoms with van der Waals surface area (Å²) in [5.41, 5.74) is 1.07. The second kappa shape index (κ2) is 7.02. The maximum Gasteiger partial charge on any atom is 0.150 e. The number of aromatic nitrogens is 2. The van der Waals surface area contributed by atoms with Crippen molar-refractivity contribution in [2.75, 3.05) is 38.1 Å². The van der Waals surface area contributed by atoms with Gasteiger partial charge < -0.3 is 9.80 Å². The van der Waals surface area contributed by atoms with Crippen molar-refractivity contribution in [2.24, 2.45) is 5.92 Å². The van der Waals surface area contributed by atoms with E-state index in [1.165, 1.54) is 32.5 Å². The van der Waals surface area contributed by atoms with E-state index >= 15 is 0 Å². The minimum atomic E-state index is 0.443. The van der Waals surface area contributed by atoms with Gasteiger partial charge in [-0.05, 0) is 49.9 Å². The molecule has 0 radical (unpaired) electrons. The summed E-state index contributed by atoms with van der Waals surface area (Å²) in [6, 6.07) is 4.20. The van der Waals surface area contributed by atoms with Crippen LogP contribution in [0.15, 0.2) is 12.1 Å². The van der Waals surface area contributed by atoms with Crippen LogP contribution in [0.3, 0.4) is 0 Å². The Morgan fingerprint density at radius 1 is 1.35 bits per heavy atom. The second-order valence-electron chi connectivity index (χ2n) is 6.25. The van der Waals surface area contributed by atoms with Crippen LogP contribution in [0.2, 0.25) is 0 Å². The molecule has 0 bridgehead atoms. The van der Waals surface area contributed by atoms with Gasteiger partial charge in [0.25, 0.3) is 0 Å². The Hall–Kier alpha value is -1.16. The smallest absolute Gasteiger partial charge is 0.150 e. The number of piperidine rings is 1. The van der Waals surface area contributed by atoms with Crippen LogP contribution in [0, 0.1) is 5.92 Å². The predicted molar refractivity (Wildman–Crippen MR) is 84.2 cm³/mol. The molecule has 1 atom stereocenters. The van der Waals surface area contributed by atoms with Crippen molar-refractivity contribution in [3.63, 3.8) is 0 Å². The molecule has 0 amide bonds. The quantitative estimate of drug-likeness (QED) is 0.828. The first-order valence-corrected chi connectivity index (χ1v) is 7.87. The van der Waals surface area contributed by atoms with Gasteiger partial charge in [-0.25, -0.2) is 0 Å². The first-order valence-electron chi connectivity index (χ1n) is 7.87. The zero-order valence-electron chi connectivity index (χ0n) is 13.3. The van der Waals surface area contributed by atoms with Crippen LogP contribution in [0.25, 0.3) is 0 Å². The maximum atomic E-state index is 4.37. The van der Waals surface area contributed by atoms with Gasteiger partial charge in [-0.3, -0.25) is 0 Å². The summed E-state index contributed by atoms with van der Waals surface area (Å²) in [4.78, 5) is 4.80. The number of hydrogen-bond acceptors (Lipinski definition) is 4. The molecule has 0 aromatic carbocycles. The van der Waals surface area contributed by atoms with E-state index in [2.05, 4.69) is 59.9 Å². The molecule has 1 saturated heterocycles. The second-order valence-corrected chi connectivity index (χ2v) is 6.25. The van der Waals surface area contributed by atoms with E-state index in [1.54, 1.807) is 0 Å². The van der Waals surface area contributed by atoms with Crippen LogP contribution in [0.4, 0.5) is 5.82 Å². The van der Waals surface area contributed by atoms with Crippen molar-refractivity contribution in [2.45, 2.75) is 39.5 Å². The molecule has 112 valence electrons. The topological polar surface area (TPSA) is 32.3 Å². The molecule has 0 N–H and O–H groups in total. The van der Waals surface area contributed by atoms with Crippen molar-refractivity contribution in [1.29, 1.82) is 0 Å². The lowest BCUT2D eigenvalue weighted by Gasteiger charge is -2.34. The first kappa shape index (κ1) is 15.2. The molecular weight excluding hydrogens is 248 g/mol. The van der Waals surface area contributed by atoms with Crippen LogP contribution in [-0.2, 0) is 0 Å². The summed E-state index contributed by atoms with van der Waals surface area (Å²) >= 11 is 0. The highest BCUT2D eigenvalue weighted by Crippen LogP contribution is 2.20. The Labute approximate surface area is 123 Å². The van der Waals surface area contributed by atoms with Gasteiger partial charge in [0, 0.05) is 20.1 Å². The van der Waals surface area contributed by atoms with Crippen molar-refractivity contribution in [3.8, 4) is 0 Å². The zero-order valence-corrected chi connectivity index (χ0v) is 13.3. The monoisotopic (exact) mass is 276 g/mol. The summed E-state index contributed by atoms with van der Waals surface area (Å²) in [5.74, 6) is 2.18. The lowest BCUT2D eigenvalue weighted by Crippen LogP contribution is -2.40. The van der Waals surface area contributed by atoms with Gasteiger partial charge in [-0.2, -0.15) is 5.10 Å². The Morgan fingerprint density at radius 3 is 2.75 bits per heavy atom. The molecule has 0 saturated carbocycles. The molecule has 4 nitrogen and oxygen atoms in total. The fourth-order valence-electron chi connectivity index (χ4n) is 2.92. The van der Waals surface area contributed by atoms with Gasteiger partial charge in [0.15, 0.2) is 5.82 Å². The van der Waals surface area contributed by atoms with Gasteiger partial charge in [0.1, 0.15) is 0 Å². The van der Waals surface area contributed by atoms with Gasteiger partial charge >= 0.3 is 0 Å². The number of anilines is 1. The lowest BCUT2D eigenvalue weighted by molar-refractivity contribution is 0.185. The molecule has 1 unspecified atom stereocenters. The Kier molecular flexibility index (Phi) is 5.35. The largest absolute Gasteiger partial charge is 0.358 e. The normalized spacial score (nSPS) is 20.4. The standard InChI is InChI=1S/C16H28N4/c1-5-20-10-6-7-14(12-20)11-19(4)16-9-8-15(13(2)3)17-18-16/h8-9,13-14H,5-7,10-12H2,1-4H3. The van der Waals surface area contributed by atoms with Crippen LogP contribution < -0.4 is 4.90 Å². The van der Waals surface area contributed by atoms with Crippen LogP contribution >= 0.6 is 0 Å². The summed E-state index contributed by atoms with van der Waals surface area (Å²) in [7, 11) is 2.13. The third-order valence-electron chi connectivity index (χ3n) is 4.24. The highest BCUT2D eigenvalue weighted by Gasteiger charge is 2.20. The highest BCUT2D eigenvalue weighted by atomic mass is 15.3. The fraction of sp³-hybridized carbons (Fsp3) is 0.750. The molecule has 2 heterocycles. The minimum Gasteiger partial charge on any atom is -0.358 e. The Morgan fingerprint density at radius 2 is 2.15 bits per heavy atom. The molecule has 1 aliphatic heterocycles. The van der Waals surface area contributed by atoms with E-state index in [1.807, 2.05) is 0 Å². The molecule has 1 aromatic heterocycles. The number of hydrogen-bond donors (Lipinski definition) is 0. The lowest BCUT2D eigenvalue weighted by atomic mass is 9.97. The van der Waals surface area contributed by atoms with Gasteiger partial charge in [0.05, 0.1) is 5.69 Å². The number of likely N-dealkylation sites (tertiary alicyclic amines) is 1. The van der Waals surface area contributed by atoms with Crippen LogP contribution in [0.5, 0.6) is 0 Å². The van der Waals surface area contributed by atoms with Crippen molar-refractivity contribution < 1.29 is 0 Å². The Bertz CT molecular complexity index is 401. The summed E-state index contributed by atoms with van der Waals surface area (Å²) in [5, 5.41) is 8.69. The first-order chi connectivity index (χ1) is 9.60. The van der Waals surface area contributed by atoms with Crippen LogP contribution in [-0.4, -0.2) is 48.3 Å². The summed E-state index contributed by atoms with van der Waals surface area (Å²) < 4.78 is 0. The van der Waals surface area contributed by atoms with Crippen LogP contribution in [0.1, 0.15) is 45.2 Å². The number of rotatable bonds is 5. The average Bonchev–Trinajstić information content (AvgIpc) is 2.47. The van der Waals surface area contributed by atoms with Crippen molar-refractivity contribution >= 4 is 5.82 Å². The fourth-order valence-corrected chi connectivity index (χ4v) is 2.92. The molecule has 1 aliphatic rings. The third kappa shape index (κ3) is 3.92. The Balaban J connectivity index is 1.92. The average molecular weight is 276 g/mol. The molecule has 20 heavy (non-hydrogen) atoms. The van der Waals surface area contributed by atoms with E-state index < -0.39 is 0 Å². The molecule has 1 fully saturated rings. The van der Waals surface area contributed by atoms with E-state index in [-0.39, 0.29) is 0 Å². The van der Waals surface area contributed by atoms with E-state index in [0.29, 0.717) is 5.92 Å².